The second-order valence-corrected chi connectivity index (χ2v) is 6.72. The smallest absolute Gasteiger partial charge is 0.410 e. The molecule has 2 heterocycles. The Kier molecular flexibility index (Phi) is 3.29. The number of thiol groups is 1. The van der Waals surface area contributed by atoms with E-state index in [9.17, 15) is 4.79 Å². The summed E-state index contributed by atoms with van der Waals surface area (Å²) in [6.07, 6.45) is 0.759. The highest BCUT2D eigenvalue weighted by Gasteiger charge is 2.46. The number of thiocarbonyl (C=S) groups is 1. The zero-order valence-corrected chi connectivity index (χ0v) is 12.1. The van der Waals surface area contributed by atoms with Crippen molar-refractivity contribution in [2.45, 2.75) is 44.9 Å². The van der Waals surface area contributed by atoms with E-state index in [1.165, 1.54) is 0 Å². The van der Waals surface area contributed by atoms with Crippen LogP contribution in [0.2, 0.25) is 0 Å². The first-order chi connectivity index (χ1) is 7.78. The van der Waals surface area contributed by atoms with Gasteiger partial charge >= 0.3 is 6.09 Å². The maximum absolute atomic E-state index is 12.0. The fourth-order valence-electron chi connectivity index (χ4n) is 2.45. The van der Waals surface area contributed by atoms with E-state index in [0.717, 1.165) is 13.0 Å². The zero-order chi connectivity index (χ0) is 12.8. The number of rotatable bonds is 0. The van der Waals surface area contributed by atoms with Crippen molar-refractivity contribution in [3.05, 3.63) is 0 Å². The van der Waals surface area contributed by atoms with E-state index in [0.29, 0.717) is 16.9 Å². The minimum atomic E-state index is -0.433. The van der Waals surface area contributed by atoms with Crippen molar-refractivity contribution in [3.63, 3.8) is 0 Å². The molecule has 2 fully saturated rings. The van der Waals surface area contributed by atoms with E-state index >= 15 is 0 Å². The molecule has 0 N–H and O–H groups in total. The number of nitrogens with zero attached hydrogens (tertiary/aromatic N) is 2. The summed E-state index contributed by atoms with van der Waals surface area (Å²) in [5.41, 5.74) is -0.433. The van der Waals surface area contributed by atoms with Crippen molar-refractivity contribution in [1.82, 2.24) is 9.80 Å². The monoisotopic (exact) mass is 274 g/mol. The predicted octanol–water partition coefficient (Wildman–Crippen LogP) is 1.89. The van der Waals surface area contributed by atoms with Crippen LogP contribution in [-0.4, -0.2) is 51.0 Å². The number of amides is 1. The molecule has 0 spiro atoms. The number of piperazine rings is 1. The highest BCUT2D eigenvalue weighted by atomic mass is 32.1. The molecule has 0 aromatic carbocycles. The van der Waals surface area contributed by atoms with Gasteiger partial charge in [0.05, 0.1) is 12.1 Å². The zero-order valence-electron chi connectivity index (χ0n) is 10.3. The van der Waals surface area contributed by atoms with Crippen molar-refractivity contribution in [1.29, 1.82) is 0 Å². The second-order valence-electron chi connectivity index (χ2n) is 5.61. The summed E-state index contributed by atoms with van der Waals surface area (Å²) in [4.78, 5) is 15.9. The number of hydrogen-bond donors (Lipinski definition) is 1. The Hall–Kier alpha value is -0.490. The van der Waals surface area contributed by atoms with Crippen LogP contribution in [0.25, 0.3) is 0 Å². The van der Waals surface area contributed by atoms with Gasteiger partial charge in [0, 0.05) is 13.1 Å². The molecule has 2 rings (SSSR count). The van der Waals surface area contributed by atoms with Gasteiger partial charge in [0.1, 0.15) is 9.92 Å². The number of hydrogen-bond acceptors (Lipinski definition) is 3. The second kappa shape index (κ2) is 4.31. The fraction of sp³-hybridized carbons (Fsp3) is 0.818. The van der Waals surface area contributed by atoms with Crippen molar-refractivity contribution >= 4 is 35.3 Å². The van der Waals surface area contributed by atoms with Crippen LogP contribution >= 0.6 is 24.8 Å². The van der Waals surface area contributed by atoms with Gasteiger partial charge in [0.25, 0.3) is 0 Å². The summed E-state index contributed by atoms with van der Waals surface area (Å²) in [5, 5.41) is 0. The molecule has 4 nitrogen and oxygen atoms in total. The van der Waals surface area contributed by atoms with Crippen molar-refractivity contribution in [3.8, 4) is 0 Å². The quantitative estimate of drug-likeness (QED) is 0.540. The van der Waals surface area contributed by atoms with Gasteiger partial charge < -0.3 is 14.5 Å². The number of likely N-dealkylation sites (tertiary alicyclic amines) is 2. The van der Waals surface area contributed by atoms with Crippen LogP contribution in [0.1, 0.15) is 27.2 Å². The molecule has 2 saturated heterocycles. The van der Waals surface area contributed by atoms with Gasteiger partial charge in [-0.2, -0.15) is 0 Å². The highest BCUT2D eigenvalue weighted by Crippen LogP contribution is 2.32. The first-order valence-electron chi connectivity index (χ1n) is 5.77. The molecule has 0 saturated carbocycles. The lowest BCUT2D eigenvalue weighted by Crippen LogP contribution is -2.50. The van der Waals surface area contributed by atoms with Crippen LogP contribution in [0.3, 0.4) is 0 Å². The lowest BCUT2D eigenvalue weighted by molar-refractivity contribution is 0.0170. The Balaban J connectivity index is 1.96. The van der Waals surface area contributed by atoms with Crippen LogP contribution in [-0.2, 0) is 4.74 Å². The average Bonchev–Trinajstić information content (AvgIpc) is 2.72. The third kappa shape index (κ3) is 2.68. The lowest BCUT2D eigenvalue weighted by Gasteiger charge is -2.35. The van der Waals surface area contributed by atoms with Crippen LogP contribution in [0.4, 0.5) is 4.79 Å². The summed E-state index contributed by atoms with van der Waals surface area (Å²) < 4.78 is 6.01. The molecule has 2 unspecified atom stereocenters. The number of carbonyl (C=O) groups is 1. The molecule has 6 heteroatoms. The topological polar surface area (TPSA) is 32.8 Å². The summed E-state index contributed by atoms with van der Waals surface area (Å²) in [6.45, 7) is 7.13. The van der Waals surface area contributed by atoms with Crippen LogP contribution in [0.5, 0.6) is 0 Å². The molecule has 0 radical (unpaired) electrons. The predicted molar refractivity (Wildman–Crippen MR) is 73.4 cm³/mol. The molecule has 2 bridgehead atoms. The summed E-state index contributed by atoms with van der Waals surface area (Å²) in [6, 6.07) is 0.539. The first-order valence-corrected chi connectivity index (χ1v) is 6.62. The van der Waals surface area contributed by atoms with Gasteiger partial charge in [-0.3, -0.25) is 0 Å². The third-order valence-corrected chi connectivity index (χ3v) is 3.61. The Morgan fingerprint density at radius 2 is 1.82 bits per heavy atom. The minimum absolute atomic E-state index is 0.213. The fourth-order valence-corrected chi connectivity index (χ4v) is 2.91. The molecule has 2 aliphatic rings. The van der Waals surface area contributed by atoms with Gasteiger partial charge in [-0.1, -0.05) is 12.2 Å². The van der Waals surface area contributed by atoms with Crippen LogP contribution in [0, 0.1) is 0 Å². The van der Waals surface area contributed by atoms with Crippen molar-refractivity contribution in [2.24, 2.45) is 0 Å². The standard InChI is InChI=1S/C11H18N2O2S2/c1-11(2,3)15-9(14)12-5-8-4-7(12)6-13(8)10(16)17/h7-8H,4-6H2,1-3H3,(H,16,17). The van der Waals surface area contributed by atoms with Crippen LogP contribution in [0.15, 0.2) is 0 Å². The molecular formula is C11H18N2O2S2. The summed E-state index contributed by atoms with van der Waals surface area (Å²) in [7, 11) is 0. The molecule has 0 aromatic rings. The number of ether oxygens (including phenoxy) is 1. The van der Waals surface area contributed by atoms with Gasteiger partial charge in [-0.15, -0.1) is 12.6 Å². The minimum Gasteiger partial charge on any atom is -0.444 e. The van der Waals surface area contributed by atoms with Gasteiger partial charge in [0.15, 0.2) is 0 Å². The van der Waals surface area contributed by atoms with Gasteiger partial charge in [-0.05, 0) is 27.2 Å². The summed E-state index contributed by atoms with van der Waals surface area (Å²) >= 11 is 9.27. The Bertz CT molecular complexity index is 354. The van der Waals surface area contributed by atoms with Crippen LogP contribution < -0.4 is 0 Å². The van der Waals surface area contributed by atoms with Crippen molar-refractivity contribution in [2.75, 3.05) is 13.1 Å². The third-order valence-electron chi connectivity index (χ3n) is 3.11. The van der Waals surface area contributed by atoms with E-state index in [2.05, 4.69) is 17.5 Å². The normalized spacial score (nSPS) is 27.5. The molecule has 2 aliphatic heterocycles. The van der Waals surface area contributed by atoms with Crippen molar-refractivity contribution < 1.29 is 9.53 Å². The molecule has 1 amide bonds. The highest BCUT2D eigenvalue weighted by molar-refractivity contribution is 8.10. The van der Waals surface area contributed by atoms with E-state index < -0.39 is 5.60 Å². The molecule has 0 aromatic heterocycles. The molecule has 17 heavy (non-hydrogen) atoms. The lowest BCUT2D eigenvalue weighted by atomic mass is 10.2. The Morgan fingerprint density at radius 3 is 2.24 bits per heavy atom. The van der Waals surface area contributed by atoms with E-state index in [1.807, 2.05) is 25.7 Å². The Morgan fingerprint density at radius 1 is 1.29 bits per heavy atom. The maximum atomic E-state index is 12.0. The molecule has 0 aliphatic carbocycles. The van der Waals surface area contributed by atoms with E-state index in [-0.39, 0.29) is 12.1 Å². The number of fused-ring (bicyclic) bond motifs is 2. The average molecular weight is 274 g/mol. The molecule has 96 valence electrons. The SMILES string of the molecule is CC(C)(C)OC(=O)N1CC2CC1CN2C(=S)S. The van der Waals surface area contributed by atoms with Gasteiger partial charge in [0.2, 0.25) is 0 Å². The van der Waals surface area contributed by atoms with E-state index in [4.69, 9.17) is 17.0 Å². The van der Waals surface area contributed by atoms with Gasteiger partial charge in [-0.25, -0.2) is 4.79 Å². The van der Waals surface area contributed by atoms with E-state index in [1.54, 1.807) is 0 Å². The summed E-state index contributed by atoms with van der Waals surface area (Å²) in [5.74, 6) is 0. The maximum Gasteiger partial charge on any atom is 0.410 e. The number of carbonyl (C=O) groups excluding carboxylic acids is 1. The largest absolute Gasteiger partial charge is 0.444 e. The molecular weight excluding hydrogens is 256 g/mol. The molecule has 2 atom stereocenters. The Labute approximate surface area is 113 Å². The first kappa shape index (κ1) is 13.0.